The van der Waals surface area contributed by atoms with Gasteiger partial charge in [-0.15, -0.1) is 11.6 Å². The highest BCUT2D eigenvalue weighted by Crippen LogP contribution is 2.31. The van der Waals surface area contributed by atoms with E-state index >= 15 is 0 Å². The maximum Gasteiger partial charge on any atom is 0.387 e. The van der Waals surface area contributed by atoms with Crippen LogP contribution in [0.25, 0.3) is 0 Å². The maximum absolute atomic E-state index is 12.7. The normalized spacial score (nSPS) is 11.2. The van der Waals surface area contributed by atoms with Crippen LogP contribution in [0.3, 0.4) is 0 Å². The number of alkyl halides is 5. The third-order valence-corrected chi connectivity index (χ3v) is 2.45. The van der Waals surface area contributed by atoms with Crippen molar-refractivity contribution in [2.24, 2.45) is 0 Å². The summed E-state index contributed by atoms with van der Waals surface area (Å²) in [5, 5.41) is 0. The van der Waals surface area contributed by atoms with Gasteiger partial charge in [0.2, 0.25) is 0 Å². The van der Waals surface area contributed by atoms with Gasteiger partial charge in [0.25, 0.3) is 6.43 Å². The Hall–Kier alpha value is -0.970. The first-order valence-corrected chi connectivity index (χ1v) is 5.50. The molecule has 17 heavy (non-hydrogen) atoms. The van der Waals surface area contributed by atoms with Crippen molar-refractivity contribution in [3.05, 3.63) is 29.3 Å². The zero-order valence-electron chi connectivity index (χ0n) is 8.81. The lowest BCUT2D eigenvalue weighted by Gasteiger charge is -2.14. The average Bonchev–Trinajstić information content (AvgIpc) is 2.26. The van der Waals surface area contributed by atoms with E-state index in [4.69, 9.17) is 11.6 Å². The fourth-order valence-corrected chi connectivity index (χ4v) is 1.64. The van der Waals surface area contributed by atoms with Crippen molar-refractivity contribution in [2.75, 3.05) is 5.88 Å². The molecule has 0 unspecified atom stereocenters. The number of rotatable bonds is 6. The highest BCUT2D eigenvalue weighted by molar-refractivity contribution is 6.17. The van der Waals surface area contributed by atoms with Gasteiger partial charge in [-0.05, 0) is 18.9 Å². The Bertz CT molecular complexity index is 357. The lowest BCUT2D eigenvalue weighted by atomic mass is 10.0. The van der Waals surface area contributed by atoms with Gasteiger partial charge >= 0.3 is 6.61 Å². The Balaban J connectivity index is 3.05. The first kappa shape index (κ1) is 14.1. The number of hydrogen-bond acceptors (Lipinski definition) is 1. The van der Waals surface area contributed by atoms with Crippen LogP contribution in [0.2, 0.25) is 0 Å². The van der Waals surface area contributed by atoms with E-state index in [1.807, 2.05) is 0 Å². The van der Waals surface area contributed by atoms with Crippen LogP contribution in [0.4, 0.5) is 17.6 Å². The number of ether oxygens (including phenoxy) is 1. The van der Waals surface area contributed by atoms with Crippen molar-refractivity contribution in [1.82, 2.24) is 0 Å². The van der Waals surface area contributed by atoms with Gasteiger partial charge in [0.15, 0.2) is 0 Å². The van der Waals surface area contributed by atoms with Crippen LogP contribution >= 0.6 is 11.6 Å². The molecule has 0 amide bonds. The first-order valence-electron chi connectivity index (χ1n) is 4.97. The van der Waals surface area contributed by atoms with Gasteiger partial charge in [0.1, 0.15) is 5.75 Å². The van der Waals surface area contributed by atoms with Crippen molar-refractivity contribution in [1.29, 1.82) is 0 Å². The fraction of sp³-hybridized carbons (Fsp3) is 0.455. The summed E-state index contributed by atoms with van der Waals surface area (Å²) in [6.45, 7) is -3.03. The number of hydrogen-bond donors (Lipinski definition) is 0. The summed E-state index contributed by atoms with van der Waals surface area (Å²) in [4.78, 5) is 0. The van der Waals surface area contributed by atoms with E-state index in [1.165, 1.54) is 18.2 Å². The van der Waals surface area contributed by atoms with Crippen LogP contribution in [0.5, 0.6) is 5.75 Å². The van der Waals surface area contributed by atoms with Crippen LogP contribution in [0.15, 0.2) is 18.2 Å². The van der Waals surface area contributed by atoms with Gasteiger partial charge < -0.3 is 4.74 Å². The molecule has 0 aliphatic rings. The lowest BCUT2D eigenvalue weighted by Crippen LogP contribution is -2.07. The number of halogens is 5. The van der Waals surface area contributed by atoms with Crippen LogP contribution < -0.4 is 4.74 Å². The Kier molecular flexibility index (Phi) is 5.55. The van der Waals surface area contributed by atoms with E-state index in [9.17, 15) is 17.6 Å². The Labute approximate surface area is 101 Å². The third-order valence-electron chi connectivity index (χ3n) is 2.18. The Morgan fingerprint density at radius 2 is 1.88 bits per heavy atom. The summed E-state index contributed by atoms with van der Waals surface area (Å²) in [5.74, 6) is 0.0639. The van der Waals surface area contributed by atoms with Crippen molar-refractivity contribution >= 4 is 11.6 Å². The average molecular weight is 271 g/mol. The van der Waals surface area contributed by atoms with Crippen molar-refractivity contribution < 1.29 is 22.3 Å². The van der Waals surface area contributed by atoms with Gasteiger partial charge in [-0.3, -0.25) is 0 Å². The molecule has 0 bridgehead atoms. The van der Waals surface area contributed by atoms with E-state index in [2.05, 4.69) is 4.74 Å². The highest BCUT2D eigenvalue weighted by atomic mass is 35.5. The molecule has 0 saturated carbocycles. The second-order valence-corrected chi connectivity index (χ2v) is 3.67. The predicted octanol–water partition coefficient (Wildman–Crippen LogP) is 4.40. The molecule has 0 aromatic heterocycles. The summed E-state index contributed by atoms with van der Waals surface area (Å²) in [6.07, 6.45) is -2.11. The maximum atomic E-state index is 12.7. The summed E-state index contributed by atoms with van der Waals surface area (Å²) in [6, 6.07) is 3.72. The second-order valence-electron chi connectivity index (χ2n) is 3.30. The topological polar surface area (TPSA) is 9.23 Å². The monoisotopic (exact) mass is 270 g/mol. The molecular formula is C11H11ClF4O. The Morgan fingerprint density at radius 1 is 1.18 bits per heavy atom. The molecule has 0 spiro atoms. The largest absolute Gasteiger partial charge is 0.435 e. The smallest absolute Gasteiger partial charge is 0.387 e. The van der Waals surface area contributed by atoms with Gasteiger partial charge in [-0.2, -0.15) is 8.78 Å². The van der Waals surface area contributed by atoms with E-state index < -0.39 is 13.0 Å². The molecule has 0 N–H and O–H groups in total. The summed E-state index contributed by atoms with van der Waals surface area (Å²) in [5.41, 5.74) is -0.184. The molecule has 0 heterocycles. The molecule has 0 fully saturated rings. The molecule has 96 valence electrons. The fourth-order valence-electron chi connectivity index (χ4n) is 1.50. The zero-order valence-corrected chi connectivity index (χ0v) is 9.56. The minimum Gasteiger partial charge on any atom is -0.435 e. The third kappa shape index (κ3) is 4.07. The number of benzene rings is 1. The zero-order chi connectivity index (χ0) is 12.8. The van der Waals surface area contributed by atoms with Gasteiger partial charge in [0, 0.05) is 17.0 Å². The van der Waals surface area contributed by atoms with Gasteiger partial charge in [-0.1, -0.05) is 12.1 Å². The van der Waals surface area contributed by atoms with Crippen LogP contribution in [0.1, 0.15) is 24.0 Å². The molecule has 0 aliphatic heterocycles. The van der Waals surface area contributed by atoms with E-state index in [1.54, 1.807) is 0 Å². The lowest BCUT2D eigenvalue weighted by molar-refractivity contribution is -0.0506. The molecule has 6 heteroatoms. The van der Waals surface area contributed by atoms with Crippen LogP contribution in [-0.2, 0) is 6.42 Å². The van der Waals surface area contributed by atoms with E-state index in [0.717, 1.165) is 0 Å². The van der Waals surface area contributed by atoms with Gasteiger partial charge in [-0.25, -0.2) is 8.78 Å². The molecule has 0 radical (unpaired) electrons. The molecule has 0 saturated heterocycles. The highest BCUT2D eigenvalue weighted by Gasteiger charge is 2.18. The van der Waals surface area contributed by atoms with E-state index in [-0.39, 0.29) is 29.2 Å². The molecule has 1 aromatic carbocycles. The second kappa shape index (κ2) is 6.69. The first-order chi connectivity index (χ1) is 8.06. The molecule has 0 aliphatic carbocycles. The summed E-state index contributed by atoms with van der Waals surface area (Å²) in [7, 11) is 0. The summed E-state index contributed by atoms with van der Waals surface area (Å²) < 4.78 is 53.9. The minimum atomic E-state index is -3.03. The van der Waals surface area contributed by atoms with Crippen molar-refractivity contribution in [3.63, 3.8) is 0 Å². The quantitative estimate of drug-likeness (QED) is 0.550. The Morgan fingerprint density at radius 3 is 2.41 bits per heavy atom. The van der Waals surface area contributed by atoms with Gasteiger partial charge in [0.05, 0.1) is 0 Å². The molecule has 0 atom stereocenters. The molecule has 1 nitrogen and oxygen atoms in total. The standard InChI is InChI=1S/C11H11ClF4O/c12-6-2-4-7-8(10(13)14)3-1-5-9(7)17-11(15)16/h1,3,5,10-11H,2,4,6H2. The van der Waals surface area contributed by atoms with Crippen LogP contribution in [0, 0.1) is 0 Å². The minimum absolute atomic E-state index is 0.100. The van der Waals surface area contributed by atoms with Crippen molar-refractivity contribution in [3.8, 4) is 5.75 Å². The van der Waals surface area contributed by atoms with E-state index in [0.29, 0.717) is 6.42 Å². The molecule has 1 rings (SSSR count). The van der Waals surface area contributed by atoms with Crippen molar-refractivity contribution in [2.45, 2.75) is 25.9 Å². The molecule has 1 aromatic rings. The van der Waals surface area contributed by atoms with Crippen LogP contribution in [-0.4, -0.2) is 12.5 Å². The summed E-state index contributed by atoms with van der Waals surface area (Å²) >= 11 is 5.46. The molecular weight excluding hydrogens is 260 g/mol. The SMILES string of the molecule is FC(F)Oc1cccc(C(F)F)c1CCCCl. The predicted molar refractivity (Wildman–Crippen MR) is 57.1 cm³/mol.